The van der Waals surface area contributed by atoms with E-state index in [0.29, 0.717) is 27.4 Å². The first-order chi connectivity index (χ1) is 14.5. The van der Waals surface area contributed by atoms with Crippen molar-refractivity contribution in [1.82, 2.24) is 24.5 Å². The maximum atomic E-state index is 12.2. The van der Waals surface area contributed by atoms with Gasteiger partial charge in [-0.3, -0.25) is 0 Å². The Kier molecular flexibility index (Phi) is 5.86. The van der Waals surface area contributed by atoms with E-state index >= 15 is 0 Å². The molecular weight excluding hydrogens is 450 g/mol. The minimum atomic E-state index is -3.62. The topological polar surface area (TPSA) is 108 Å². The smallest absolute Gasteiger partial charge is 0.250 e. The van der Waals surface area contributed by atoms with Crippen LogP contribution in [0.4, 0.5) is 0 Å². The normalized spacial score (nSPS) is 11.7. The number of nitrogens with zero attached hydrogens (tertiary/aromatic N) is 4. The SMILES string of the molecule is COc1cccc(-c2nnc3ccc(OCCNS(=O)(=O)c4ccc(Cl)s4)nn23)c1. The molecular formula is C18H16ClN5O4S2. The third-order valence-electron chi connectivity index (χ3n) is 4.02. The number of sulfonamides is 1. The molecule has 3 aromatic heterocycles. The molecule has 0 spiro atoms. The molecule has 0 aliphatic heterocycles. The van der Waals surface area contributed by atoms with Gasteiger partial charge in [0, 0.05) is 18.2 Å². The number of aromatic nitrogens is 4. The van der Waals surface area contributed by atoms with Crippen LogP contribution in [-0.2, 0) is 10.0 Å². The Bertz CT molecular complexity index is 1290. The molecule has 0 bridgehead atoms. The number of hydrogen-bond donors (Lipinski definition) is 1. The number of benzene rings is 1. The van der Waals surface area contributed by atoms with Gasteiger partial charge in [0.2, 0.25) is 15.9 Å². The van der Waals surface area contributed by atoms with Gasteiger partial charge >= 0.3 is 0 Å². The van der Waals surface area contributed by atoms with Crippen molar-refractivity contribution in [3.05, 3.63) is 52.9 Å². The average molecular weight is 466 g/mol. The number of ether oxygens (including phenoxy) is 2. The summed E-state index contributed by atoms with van der Waals surface area (Å²) < 4.78 is 39.8. The highest BCUT2D eigenvalue weighted by molar-refractivity contribution is 7.91. The minimum Gasteiger partial charge on any atom is -0.497 e. The lowest BCUT2D eigenvalue weighted by Crippen LogP contribution is -2.27. The maximum absolute atomic E-state index is 12.2. The standard InChI is InChI=1S/C18H16ClN5O4S2/c1-27-13-4-2-3-12(11-13)18-22-21-15-6-7-16(23-24(15)18)28-10-9-20-30(25,26)17-8-5-14(19)29-17/h2-8,11,20H,9-10H2,1H3. The van der Waals surface area contributed by atoms with Gasteiger partial charge in [0.25, 0.3) is 0 Å². The third-order valence-corrected chi connectivity index (χ3v) is 7.21. The number of fused-ring (bicyclic) bond motifs is 1. The van der Waals surface area contributed by atoms with Crippen LogP contribution < -0.4 is 14.2 Å². The molecule has 12 heteroatoms. The summed E-state index contributed by atoms with van der Waals surface area (Å²) in [6.07, 6.45) is 0. The zero-order chi connectivity index (χ0) is 21.1. The van der Waals surface area contributed by atoms with Gasteiger partial charge in [0.05, 0.1) is 11.4 Å². The van der Waals surface area contributed by atoms with E-state index in [-0.39, 0.29) is 17.4 Å². The van der Waals surface area contributed by atoms with Gasteiger partial charge < -0.3 is 9.47 Å². The van der Waals surface area contributed by atoms with E-state index in [1.807, 2.05) is 24.3 Å². The fourth-order valence-electron chi connectivity index (χ4n) is 2.64. The molecule has 0 atom stereocenters. The van der Waals surface area contributed by atoms with Crippen molar-refractivity contribution in [2.45, 2.75) is 4.21 Å². The quantitative estimate of drug-likeness (QED) is 0.398. The zero-order valence-electron chi connectivity index (χ0n) is 15.6. The minimum absolute atomic E-state index is 0.0719. The number of methoxy groups -OCH3 is 1. The summed E-state index contributed by atoms with van der Waals surface area (Å²) >= 11 is 6.78. The van der Waals surface area contributed by atoms with Crippen LogP contribution in [-0.4, -0.2) is 48.5 Å². The molecule has 0 saturated heterocycles. The van der Waals surface area contributed by atoms with Crippen LogP contribution >= 0.6 is 22.9 Å². The highest BCUT2D eigenvalue weighted by Gasteiger charge is 2.16. The number of rotatable bonds is 8. The zero-order valence-corrected chi connectivity index (χ0v) is 18.0. The third kappa shape index (κ3) is 4.38. The van der Waals surface area contributed by atoms with Gasteiger partial charge in [-0.15, -0.1) is 26.6 Å². The Balaban J connectivity index is 1.45. The Morgan fingerprint density at radius 1 is 1.17 bits per heavy atom. The summed E-state index contributed by atoms with van der Waals surface area (Å²) in [5, 5.41) is 12.7. The average Bonchev–Trinajstić information content (AvgIpc) is 3.37. The summed E-state index contributed by atoms with van der Waals surface area (Å²) in [4.78, 5) is 0. The Hall–Kier alpha value is -2.73. The van der Waals surface area contributed by atoms with Crippen LogP contribution in [0, 0.1) is 0 Å². The molecule has 156 valence electrons. The van der Waals surface area contributed by atoms with E-state index in [2.05, 4.69) is 20.0 Å². The molecule has 0 saturated carbocycles. The van der Waals surface area contributed by atoms with Crippen molar-refractivity contribution < 1.29 is 17.9 Å². The van der Waals surface area contributed by atoms with Gasteiger partial charge in [-0.1, -0.05) is 23.7 Å². The van der Waals surface area contributed by atoms with E-state index < -0.39 is 10.0 Å². The molecule has 0 amide bonds. The lowest BCUT2D eigenvalue weighted by Gasteiger charge is -2.07. The Labute approximate surface area is 181 Å². The molecule has 1 aromatic carbocycles. The molecule has 0 unspecified atom stereocenters. The Morgan fingerprint density at radius 3 is 2.80 bits per heavy atom. The molecule has 9 nitrogen and oxygen atoms in total. The lowest BCUT2D eigenvalue weighted by molar-refractivity contribution is 0.306. The molecule has 0 aliphatic rings. The van der Waals surface area contributed by atoms with Gasteiger partial charge in [-0.25, -0.2) is 13.1 Å². The van der Waals surface area contributed by atoms with E-state index in [0.717, 1.165) is 16.9 Å². The maximum Gasteiger partial charge on any atom is 0.250 e. The monoisotopic (exact) mass is 465 g/mol. The molecule has 0 fully saturated rings. The van der Waals surface area contributed by atoms with Crippen molar-refractivity contribution in [2.75, 3.05) is 20.3 Å². The van der Waals surface area contributed by atoms with E-state index in [1.54, 1.807) is 23.8 Å². The van der Waals surface area contributed by atoms with Crippen LogP contribution in [0.3, 0.4) is 0 Å². The first-order valence-corrected chi connectivity index (χ1v) is 11.4. The van der Waals surface area contributed by atoms with Crippen LogP contribution in [0.15, 0.2) is 52.7 Å². The predicted molar refractivity (Wildman–Crippen MR) is 113 cm³/mol. The van der Waals surface area contributed by atoms with E-state index in [4.69, 9.17) is 21.1 Å². The summed E-state index contributed by atoms with van der Waals surface area (Å²) in [6, 6.07) is 13.7. The van der Waals surface area contributed by atoms with Gasteiger partial charge in [-0.2, -0.15) is 4.52 Å². The van der Waals surface area contributed by atoms with Crippen molar-refractivity contribution in [1.29, 1.82) is 0 Å². The van der Waals surface area contributed by atoms with Crippen molar-refractivity contribution in [3.63, 3.8) is 0 Å². The Morgan fingerprint density at radius 2 is 2.03 bits per heavy atom. The van der Waals surface area contributed by atoms with Crippen LogP contribution in [0.1, 0.15) is 0 Å². The van der Waals surface area contributed by atoms with Gasteiger partial charge in [0.1, 0.15) is 16.6 Å². The summed E-state index contributed by atoms with van der Waals surface area (Å²) in [7, 11) is -2.03. The van der Waals surface area contributed by atoms with E-state index in [1.165, 1.54) is 12.1 Å². The largest absolute Gasteiger partial charge is 0.497 e. The highest BCUT2D eigenvalue weighted by atomic mass is 35.5. The first-order valence-electron chi connectivity index (χ1n) is 8.71. The van der Waals surface area contributed by atoms with Gasteiger partial charge in [-0.05, 0) is 30.3 Å². The molecule has 4 rings (SSSR count). The fourth-order valence-corrected chi connectivity index (χ4v) is 5.18. The van der Waals surface area contributed by atoms with Gasteiger partial charge in [0.15, 0.2) is 11.5 Å². The predicted octanol–water partition coefficient (Wildman–Crippen LogP) is 2.87. The molecule has 30 heavy (non-hydrogen) atoms. The van der Waals surface area contributed by atoms with Crippen molar-refractivity contribution in [3.8, 4) is 23.0 Å². The summed E-state index contributed by atoms with van der Waals surface area (Å²) in [5.74, 6) is 1.53. The molecule has 4 aromatic rings. The number of thiophene rings is 1. The number of hydrogen-bond acceptors (Lipinski definition) is 8. The van der Waals surface area contributed by atoms with Crippen molar-refractivity contribution >= 4 is 38.6 Å². The second-order valence-corrected chi connectivity index (χ2v) is 9.71. The molecule has 0 radical (unpaired) electrons. The second kappa shape index (κ2) is 8.56. The summed E-state index contributed by atoms with van der Waals surface area (Å²) in [5.41, 5.74) is 1.34. The van der Waals surface area contributed by atoms with Crippen LogP contribution in [0.5, 0.6) is 11.6 Å². The summed E-state index contributed by atoms with van der Waals surface area (Å²) in [6.45, 7) is 0.163. The fraction of sp³-hybridized carbons (Fsp3) is 0.167. The van der Waals surface area contributed by atoms with Crippen LogP contribution in [0.25, 0.3) is 17.0 Å². The molecule has 0 aliphatic carbocycles. The van der Waals surface area contributed by atoms with Crippen molar-refractivity contribution in [2.24, 2.45) is 0 Å². The first kappa shape index (κ1) is 20.5. The molecule has 1 N–H and O–H groups in total. The highest BCUT2D eigenvalue weighted by Crippen LogP contribution is 2.25. The number of nitrogens with one attached hydrogen (secondary N) is 1. The van der Waals surface area contributed by atoms with E-state index in [9.17, 15) is 8.42 Å². The number of halogens is 1. The lowest BCUT2D eigenvalue weighted by atomic mass is 10.2. The molecule has 3 heterocycles. The van der Waals surface area contributed by atoms with Crippen LogP contribution in [0.2, 0.25) is 4.34 Å². The second-order valence-electron chi connectivity index (χ2n) is 6.00.